The van der Waals surface area contributed by atoms with Crippen molar-refractivity contribution in [3.63, 3.8) is 0 Å². The van der Waals surface area contributed by atoms with E-state index < -0.39 is 10.8 Å². The standard InChI is InChI=1S/C15H22N2O2S/c16-11-13(10-12-4-2-1-3-5-12)15(18)17-14-6-8-20(19)9-7-14/h1-5,13-14H,6-11,16H2,(H,17,18). The van der Waals surface area contributed by atoms with Crippen LogP contribution in [0.3, 0.4) is 0 Å². The number of nitrogens with one attached hydrogen (secondary N) is 1. The third-order valence-corrected chi connectivity index (χ3v) is 5.10. The van der Waals surface area contributed by atoms with Gasteiger partial charge in [0.25, 0.3) is 0 Å². The molecule has 3 N–H and O–H groups in total. The van der Waals surface area contributed by atoms with Crippen LogP contribution in [-0.2, 0) is 22.0 Å². The van der Waals surface area contributed by atoms with Crippen molar-refractivity contribution in [3.05, 3.63) is 35.9 Å². The molecule has 110 valence electrons. The smallest absolute Gasteiger partial charge is 0.224 e. The molecular formula is C15H22N2O2S. The quantitative estimate of drug-likeness (QED) is 0.845. The van der Waals surface area contributed by atoms with Gasteiger partial charge in [0.15, 0.2) is 0 Å². The van der Waals surface area contributed by atoms with Gasteiger partial charge in [-0.25, -0.2) is 0 Å². The van der Waals surface area contributed by atoms with Crippen LogP contribution < -0.4 is 11.1 Å². The van der Waals surface area contributed by atoms with E-state index in [1.807, 2.05) is 30.3 Å². The Kier molecular flexibility index (Phi) is 5.73. The van der Waals surface area contributed by atoms with Gasteiger partial charge >= 0.3 is 0 Å². The minimum atomic E-state index is -0.696. The molecule has 1 aliphatic heterocycles. The average Bonchev–Trinajstić information content (AvgIpc) is 2.48. The lowest BCUT2D eigenvalue weighted by molar-refractivity contribution is -0.125. The van der Waals surface area contributed by atoms with E-state index in [2.05, 4.69) is 5.32 Å². The Bertz CT molecular complexity index is 454. The number of benzene rings is 1. The van der Waals surface area contributed by atoms with Crippen molar-refractivity contribution >= 4 is 16.7 Å². The summed E-state index contributed by atoms with van der Waals surface area (Å²) >= 11 is 0. The summed E-state index contributed by atoms with van der Waals surface area (Å²) in [6, 6.07) is 10.1. The van der Waals surface area contributed by atoms with Crippen LogP contribution in [0.2, 0.25) is 0 Å². The summed E-state index contributed by atoms with van der Waals surface area (Å²) in [5.41, 5.74) is 6.87. The van der Waals surface area contributed by atoms with Crippen LogP contribution in [0, 0.1) is 5.92 Å². The summed E-state index contributed by atoms with van der Waals surface area (Å²) in [7, 11) is -0.696. The molecule has 4 nitrogen and oxygen atoms in total. The molecule has 1 unspecified atom stereocenters. The Morgan fingerprint density at radius 3 is 2.55 bits per heavy atom. The molecule has 1 amide bonds. The molecule has 0 radical (unpaired) electrons. The third kappa shape index (κ3) is 4.42. The van der Waals surface area contributed by atoms with E-state index in [0.717, 1.165) is 18.4 Å². The van der Waals surface area contributed by atoms with Gasteiger partial charge in [0.05, 0.1) is 5.92 Å². The second-order valence-corrected chi connectivity index (χ2v) is 6.95. The van der Waals surface area contributed by atoms with Crippen molar-refractivity contribution in [1.29, 1.82) is 0 Å². The number of carbonyl (C=O) groups is 1. The van der Waals surface area contributed by atoms with Crippen LogP contribution >= 0.6 is 0 Å². The highest BCUT2D eigenvalue weighted by Gasteiger charge is 2.23. The lowest BCUT2D eigenvalue weighted by Crippen LogP contribution is -2.44. The fourth-order valence-electron chi connectivity index (χ4n) is 2.44. The Morgan fingerprint density at radius 1 is 1.30 bits per heavy atom. The fourth-order valence-corrected chi connectivity index (χ4v) is 3.74. The summed E-state index contributed by atoms with van der Waals surface area (Å²) in [5.74, 6) is 1.22. The van der Waals surface area contributed by atoms with Crippen LogP contribution in [-0.4, -0.2) is 34.2 Å². The first-order chi connectivity index (χ1) is 9.69. The molecule has 1 aromatic rings. The predicted molar refractivity (Wildman–Crippen MR) is 81.7 cm³/mol. The summed E-state index contributed by atoms with van der Waals surface area (Å²) in [5, 5.41) is 3.06. The zero-order valence-corrected chi connectivity index (χ0v) is 12.4. The molecule has 1 fully saturated rings. The largest absolute Gasteiger partial charge is 0.353 e. The number of amides is 1. The molecule has 0 aromatic heterocycles. The van der Waals surface area contributed by atoms with Gasteiger partial charge < -0.3 is 11.1 Å². The van der Waals surface area contributed by atoms with Gasteiger partial charge in [-0.3, -0.25) is 9.00 Å². The summed E-state index contributed by atoms with van der Waals surface area (Å²) in [6.07, 6.45) is 2.28. The van der Waals surface area contributed by atoms with E-state index in [4.69, 9.17) is 5.73 Å². The third-order valence-electron chi connectivity index (χ3n) is 3.71. The van der Waals surface area contributed by atoms with Gasteiger partial charge in [0.2, 0.25) is 5.91 Å². The van der Waals surface area contributed by atoms with E-state index >= 15 is 0 Å². The molecule has 20 heavy (non-hydrogen) atoms. The van der Waals surface area contributed by atoms with Gasteiger partial charge in [-0.2, -0.15) is 0 Å². The maximum Gasteiger partial charge on any atom is 0.224 e. The lowest BCUT2D eigenvalue weighted by Gasteiger charge is -2.25. The van der Waals surface area contributed by atoms with Gasteiger partial charge in [-0.15, -0.1) is 0 Å². The van der Waals surface area contributed by atoms with Gasteiger partial charge in [-0.1, -0.05) is 30.3 Å². The topological polar surface area (TPSA) is 72.2 Å². The molecule has 1 atom stereocenters. The number of hydrogen-bond donors (Lipinski definition) is 2. The Hall–Kier alpha value is -1.20. The Labute approximate surface area is 122 Å². The highest BCUT2D eigenvalue weighted by atomic mass is 32.2. The maximum atomic E-state index is 12.3. The van der Waals surface area contributed by atoms with Crippen molar-refractivity contribution in [3.8, 4) is 0 Å². The molecule has 0 aliphatic carbocycles. The maximum absolute atomic E-state index is 12.3. The molecule has 1 aliphatic rings. The van der Waals surface area contributed by atoms with Crippen molar-refractivity contribution in [2.45, 2.75) is 25.3 Å². The lowest BCUT2D eigenvalue weighted by atomic mass is 9.98. The number of nitrogens with two attached hydrogens (primary N) is 1. The number of rotatable bonds is 5. The Morgan fingerprint density at radius 2 is 1.95 bits per heavy atom. The van der Waals surface area contributed by atoms with Crippen molar-refractivity contribution in [1.82, 2.24) is 5.32 Å². The van der Waals surface area contributed by atoms with Crippen molar-refractivity contribution in [2.24, 2.45) is 11.7 Å². The molecule has 1 saturated heterocycles. The van der Waals surface area contributed by atoms with Gasteiger partial charge in [0.1, 0.15) is 0 Å². The first kappa shape index (κ1) is 15.2. The van der Waals surface area contributed by atoms with Crippen LogP contribution in [0.1, 0.15) is 18.4 Å². The summed E-state index contributed by atoms with van der Waals surface area (Å²) < 4.78 is 11.3. The zero-order chi connectivity index (χ0) is 14.4. The molecule has 0 spiro atoms. The second-order valence-electron chi connectivity index (χ2n) is 5.25. The SMILES string of the molecule is NCC(Cc1ccccc1)C(=O)NC1CCS(=O)CC1. The molecule has 1 aromatic carbocycles. The van der Waals surface area contributed by atoms with Crippen molar-refractivity contribution < 1.29 is 9.00 Å². The van der Waals surface area contributed by atoms with Crippen LogP contribution in [0.4, 0.5) is 0 Å². The minimum Gasteiger partial charge on any atom is -0.353 e. The van der Waals surface area contributed by atoms with Crippen molar-refractivity contribution in [2.75, 3.05) is 18.1 Å². The van der Waals surface area contributed by atoms with E-state index in [-0.39, 0.29) is 17.9 Å². The predicted octanol–water partition coefficient (Wildman–Crippen LogP) is 0.831. The zero-order valence-electron chi connectivity index (χ0n) is 11.6. The van der Waals surface area contributed by atoms with E-state index in [0.29, 0.717) is 24.5 Å². The molecular weight excluding hydrogens is 272 g/mol. The van der Waals surface area contributed by atoms with Gasteiger partial charge in [0, 0.05) is 34.9 Å². The number of hydrogen-bond acceptors (Lipinski definition) is 3. The highest BCUT2D eigenvalue weighted by Crippen LogP contribution is 2.12. The van der Waals surface area contributed by atoms with E-state index in [1.54, 1.807) is 0 Å². The first-order valence-corrected chi connectivity index (χ1v) is 8.57. The van der Waals surface area contributed by atoms with E-state index in [1.165, 1.54) is 0 Å². The second kappa shape index (κ2) is 7.55. The summed E-state index contributed by atoms with van der Waals surface area (Å²) in [4.78, 5) is 12.3. The highest BCUT2D eigenvalue weighted by molar-refractivity contribution is 7.85. The van der Waals surface area contributed by atoms with Gasteiger partial charge in [-0.05, 0) is 24.8 Å². The van der Waals surface area contributed by atoms with E-state index in [9.17, 15) is 9.00 Å². The van der Waals surface area contributed by atoms with Crippen LogP contribution in [0.25, 0.3) is 0 Å². The molecule has 0 bridgehead atoms. The Balaban J connectivity index is 1.87. The molecule has 1 heterocycles. The van der Waals surface area contributed by atoms with Crippen LogP contribution in [0.15, 0.2) is 30.3 Å². The van der Waals surface area contributed by atoms with Crippen LogP contribution in [0.5, 0.6) is 0 Å². The summed E-state index contributed by atoms with van der Waals surface area (Å²) in [6.45, 7) is 0.347. The fraction of sp³-hybridized carbons (Fsp3) is 0.533. The molecule has 0 saturated carbocycles. The minimum absolute atomic E-state index is 0.0223. The molecule has 2 rings (SSSR count). The molecule has 5 heteroatoms. The average molecular weight is 294 g/mol. The normalized spacial score (nSPS) is 24.1. The monoisotopic (exact) mass is 294 g/mol. The number of carbonyl (C=O) groups excluding carboxylic acids is 1. The first-order valence-electron chi connectivity index (χ1n) is 7.08.